The van der Waals surface area contributed by atoms with Gasteiger partial charge in [-0.15, -0.1) is 0 Å². The van der Waals surface area contributed by atoms with E-state index in [2.05, 4.69) is 53.8 Å². The van der Waals surface area contributed by atoms with Gasteiger partial charge in [0.25, 0.3) is 5.91 Å². The van der Waals surface area contributed by atoms with Crippen LogP contribution >= 0.6 is 0 Å². The van der Waals surface area contributed by atoms with Crippen LogP contribution < -0.4 is 10.6 Å². The van der Waals surface area contributed by atoms with Crippen LogP contribution in [0.15, 0.2) is 24.3 Å². The molecule has 1 amide bonds. The summed E-state index contributed by atoms with van der Waals surface area (Å²) in [6, 6.07) is 9.46. The molecule has 1 saturated carbocycles. The summed E-state index contributed by atoms with van der Waals surface area (Å²) in [5.41, 5.74) is 5.47. The molecule has 0 aliphatic heterocycles. The molecule has 0 unspecified atom stereocenters. The zero-order chi connectivity index (χ0) is 21.0. The minimum Gasteiger partial charge on any atom is -0.332 e. The van der Waals surface area contributed by atoms with Crippen molar-refractivity contribution in [1.82, 2.24) is 9.78 Å². The first-order chi connectivity index (χ1) is 13.9. The fourth-order valence-corrected chi connectivity index (χ4v) is 4.60. The normalized spacial score (nSPS) is 16.2. The first-order valence-corrected chi connectivity index (χ1v) is 11.1. The second kappa shape index (κ2) is 9.57. The van der Waals surface area contributed by atoms with Gasteiger partial charge in [-0.3, -0.25) is 9.48 Å². The number of nitrogens with zero attached hydrogens (tertiary/aromatic N) is 2. The summed E-state index contributed by atoms with van der Waals surface area (Å²) in [5, 5.41) is 9.58. The third kappa shape index (κ3) is 5.27. The molecule has 5 heteroatoms. The van der Waals surface area contributed by atoms with E-state index in [0.717, 1.165) is 23.0 Å². The van der Waals surface area contributed by atoms with Gasteiger partial charge in [-0.2, -0.15) is 5.10 Å². The Bertz CT molecular complexity index is 816. The Balaban J connectivity index is 1.61. The SMILES string of the molecule is Cc1nn(C)c(C)c1NC(=O)C[NH2+][C@H](c1ccc(C2CCCCC2)cc1)C(C)C. The third-order valence-corrected chi connectivity index (χ3v) is 6.45. The molecule has 1 aliphatic carbocycles. The summed E-state index contributed by atoms with van der Waals surface area (Å²) < 4.78 is 1.81. The first kappa shape index (κ1) is 21.6. The van der Waals surface area contributed by atoms with E-state index in [1.807, 2.05) is 20.9 Å². The molecule has 1 atom stereocenters. The number of rotatable bonds is 7. The van der Waals surface area contributed by atoms with Crippen LogP contribution in [0.3, 0.4) is 0 Å². The lowest BCUT2D eigenvalue weighted by molar-refractivity contribution is -0.692. The monoisotopic (exact) mass is 397 g/mol. The topological polar surface area (TPSA) is 63.5 Å². The van der Waals surface area contributed by atoms with E-state index in [-0.39, 0.29) is 11.9 Å². The molecule has 1 aromatic heterocycles. The smallest absolute Gasteiger partial charge is 0.279 e. The molecule has 158 valence electrons. The van der Waals surface area contributed by atoms with Gasteiger partial charge in [0, 0.05) is 18.5 Å². The van der Waals surface area contributed by atoms with Crippen LogP contribution in [0, 0.1) is 19.8 Å². The summed E-state index contributed by atoms with van der Waals surface area (Å²) in [4.78, 5) is 12.6. The molecule has 5 nitrogen and oxygen atoms in total. The summed E-state index contributed by atoms with van der Waals surface area (Å²) in [6.45, 7) is 8.76. The molecule has 0 spiro atoms. The van der Waals surface area contributed by atoms with Crippen LogP contribution in [0.4, 0.5) is 5.69 Å². The van der Waals surface area contributed by atoms with Crippen LogP contribution in [0.2, 0.25) is 0 Å². The average Bonchev–Trinajstić information content (AvgIpc) is 2.95. The van der Waals surface area contributed by atoms with Gasteiger partial charge < -0.3 is 10.6 Å². The van der Waals surface area contributed by atoms with E-state index in [4.69, 9.17) is 0 Å². The highest BCUT2D eigenvalue weighted by molar-refractivity contribution is 5.92. The Morgan fingerprint density at radius 3 is 2.38 bits per heavy atom. The predicted molar refractivity (Wildman–Crippen MR) is 118 cm³/mol. The predicted octanol–water partition coefficient (Wildman–Crippen LogP) is 3.98. The van der Waals surface area contributed by atoms with Crippen molar-refractivity contribution in [2.24, 2.45) is 13.0 Å². The molecule has 1 aromatic carbocycles. The van der Waals surface area contributed by atoms with Gasteiger partial charge in [0.1, 0.15) is 6.04 Å². The largest absolute Gasteiger partial charge is 0.332 e. The minimum atomic E-state index is 0.0219. The molecule has 3 rings (SSSR count). The van der Waals surface area contributed by atoms with Gasteiger partial charge in [-0.1, -0.05) is 57.4 Å². The maximum atomic E-state index is 12.6. The van der Waals surface area contributed by atoms with Crippen molar-refractivity contribution in [3.05, 3.63) is 46.8 Å². The summed E-state index contributed by atoms with van der Waals surface area (Å²) >= 11 is 0. The Hall–Kier alpha value is -2.14. The van der Waals surface area contributed by atoms with Crippen molar-refractivity contribution in [2.45, 2.75) is 71.8 Å². The fraction of sp³-hybridized carbons (Fsp3) is 0.583. The fourth-order valence-electron chi connectivity index (χ4n) is 4.60. The highest BCUT2D eigenvalue weighted by Crippen LogP contribution is 2.33. The molecule has 0 bridgehead atoms. The number of amides is 1. The number of aryl methyl sites for hydroxylation is 2. The average molecular weight is 398 g/mol. The minimum absolute atomic E-state index is 0.0219. The Morgan fingerprint density at radius 2 is 1.83 bits per heavy atom. The van der Waals surface area contributed by atoms with Gasteiger partial charge in [0.2, 0.25) is 0 Å². The molecule has 1 aliphatic rings. The number of nitrogens with one attached hydrogen (secondary N) is 1. The summed E-state index contributed by atoms with van der Waals surface area (Å²) in [5.74, 6) is 1.20. The molecule has 1 fully saturated rings. The van der Waals surface area contributed by atoms with Crippen LogP contribution in [0.5, 0.6) is 0 Å². The Kier molecular flexibility index (Phi) is 7.12. The maximum Gasteiger partial charge on any atom is 0.279 e. The van der Waals surface area contributed by atoms with Gasteiger partial charge in [-0.25, -0.2) is 0 Å². The van der Waals surface area contributed by atoms with Gasteiger partial charge in [0.15, 0.2) is 6.54 Å². The number of benzene rings is 1. The third-order valence-electron chi connectivity index (χ3n) is 6.45. The number of hydrogen-bond acceptors (Lipinski definition) is 2. The van der Waals surface area contributed by atoms with Crippen molar-refractivity contribution in [3.8, 4) is 0 Å². The molecular weight excluding hydrogens is 360 g/mol. The van der Waals surface area contributed by atoms with E-state index < -0.39 is 0 Å². The zero-order valence-electron chi connectivity index (χ0n) is 18.7. The molecule has 0 saturated heterocycles. The van der Waals surface area contributed by atoms with Crippen molar-refractivity contribution in [1.29, 1.82) is 0 Å². The zero-order valence-corrected chi connectivity index (χ0v) is 18.7. The molecular formula is C24H37N4O+. The van der Waals surface area contributed by atoms with E-state index in [1.54, 1.807) is 4.68 Å². The lowest BCUT2D eigenvalue weighted by Crippen LogP contribution is -2.88. The molecule has 2 aromatic rings. The second-order valence-corrected chi connectivity index (χ2v) is 8.93. The number of carbonyl (C=O) groups excluding carboxylic acids is 1. The number of nitrogens with two attached hydrogens (primary N) is 1. The quantitative estimate of drug-likeness (QED) is 0.742. The number of anilines is 1. The Morgan fingerprint density at radius 1 is 1.17 bits per heavy atom. The van der Waals surface area contributed by atoms with Crippen molar-refractivity contribution in [2.75, 3.05) is 11.9 Å². The lowest BCUT2D eigenvalue weighted by Gasteiger charge is -2.23. The Labute approximate surface area is 175 Å². The molecule has 0 radical (unpaired) electrons. The van der Waals surface area contributed by atoms with Crippen molar-refractivity contribution in [3.63, 3.8) is 0 Å². The lowest BCUT2D eigenvalue weighted by atomic mass is 9.83. The van der Waals surface area contributed by atoms with Crippen LogP contribution in [0.25, 0.3) is 0 Å². The molecule has 3 N–H and O–H groups in total. The summed E-state index contributed by atoms with van der Waals surface area (Å²) in [6.07, 6.45) is 6.76. The summed E-state index contributed by atoms with van der Waals surface area (Å²) in [7, 11) is 1.90. The van der Waals surface area contributed by atoms with Gasteiger partial charge >= 0.3 is 0 Å². The van der Waals surface area contributed by atoms with Crippen LogP contribution in [-0.4, -0.2) is 22.2 Å². The second-order valence-electron chi connectivity index (χ2n) is 8.93. The van der Waals surface area contributed by atoms with E-state index in [0.29, 0.717) is 12.5 Å². The first-order valence-electron chi connectivity index (χ1n) is 11.1. The number of aromatic nitrogens is 2. The van der Waals surface area contributed by atoms with Gasteiger partial charge in [0.05, 0.1) is 17.1 Å². The maximum absolute atomic E-state index is 12.6. The number of hydrogen-bond donors (Lipinski definition) is 2. The van der Waals surface area contributed by atoms with Gasteiger partial charge in [-0.05, 0) is 38.2 Å². The highest BCUT2D eigenvalue weighted by atomic mass is 16.1. The van der Waals surface area contributed by atoms with Crippen molar-refractivity contribution >= 4 is 11.6 Å². The highest BCUT2D eigenvalue weighted by Gasteiger charge is 2.22. The van der Waals surface area contributed by atoms with Crippen LogP contribution in [-0.2, 0) is 11.8 Å². The standard InChI is InChI=1S/C24H36N4O/c1-16(2)23(21-13-11-20(12-14-21)19-9-7-6-8-10-19)25-15-22(29)26-24-17(3)27-28(5)18(24)4/h11-14,16,19,23,25H,6-10,15H2,1-5H3,(H,26,29)/p+1/t23-/m0/s1. The number of quaternary nitrogens is 1. The molecule has 1 heterocycles. The van der Waals surface area contributed by atoms with Crippen molar-refractivity contribution < 1.29 is 10.1 Å². The van der Waals surface area contributed by atoms with E-state index in [9.17, 15) is 4.79 Å². The molecule has 29 heavy (non-hydrogen) atoms. The van der Waals surface area contributed by atoms with Crippen LogP contribution in [0.1, 0.15) is 80.4 Å². The van der Waals surface area contributed by atoms with E-state index >= 15 is 0 Å². The van der Waals surface area contributed by atoms with E-state index in [1.165, 1.54) is 43.2 Å². The number of carbonyl (C=O) groups is 1.